The summed E-state index contributed by atoms with van der Waals surface area (Å²) in [5, 5.41) is 12.2. The van der Waals surface area contributed by atoms with E-state index < -0.39 is 0 Å². The summed E-state index contributed by atoms with van der Waals surface area (Å²) in [5.41, 5.74) is 1.26. The Morgan fingerprint density at radius 1 is 1.53 bits per heavy atom. The summed E-state index contributed by atoms with van der Waals surface area (Å²) >= 11 is 0. The van der Waals surface area contributed by atoms with Gasteiger partial charge in [0.15, 0.2) is 0 Å². The molecule has 4 heteroatoms. The number of piperazine rings is 1. The number of nitrogens with one attached hydrogen (secondary N) is 1. The van der Waals surface area contributed by atoms with Gasteiger partial charge >= 0.3 is 0 Å². The van der Waals surface area contributed by atoms with Gasteiger partial charge in [-0.05, 0) is 30.7 Å². The fourth-order valence-electron chi connectivity index (χ4n) is 2.22. The summed E-state index contributed by atoms with van der Waals surface area (Å²) in [5.74, 6) is -0.331. The molecule has 0 amide bonds. The van der Waals surface area contributed by atoms with E-state index in [1.165, 1.54) is 12.1 Å². The number of nitriles is 1. The van der Waals surface area contributed by atoms with E-state index in [1.807, 2.05) is 6.07 Å². The maximum Gasteiger partial charge on any atom is 0.124 e. The van der Waals surface area contributed by atoms with E-state index in [1.54, 1.807) is 6.07 Å². The van der Waals surface area contributed by atoms with Gasteiger partial charge in [0.25, 0.3) is 0 Å². The lowest BCUT2D eigenvalue weighted by molar-refractivity contribution is 0.199. The van der Waals surface area contributed by atoms with Crippen molar-refractivity contribution in [1.82, 2.24) is 10.2 Å². The van der Waals surface area contributed by atoms with E-state index in [9.17, 15) is 4.39 Å². The zero-order valence-electron chi connectivity index (χ0n) is 9.91. The highest BCUT2D eigenvalue weighted by atomic mass is 19.1. The van der Waals surface area contributed by atoms with Gasteiger partial charge in [-0.15, -0.1) is 0 Å². The fraction of sp³-hybridized carbons (Fsp3) is 0.462. The number of benzene rings is 1. The summed E-state index contributed by atoms with van der Waals surface area (Å²) in [6.07, 6.45) is 0. The third kappa shape index (κ3) is 3.26. The minimum absolute atomic E-state index is 0.331. The molecule has 2 rings (SSSR count). The highest BCUT2D eigenvalue weighted by molar-refractivity contribution is 5.33. The first kappa shape index (κ1) is 12.0. The summed E-state index contributed by atoms with van der Waals surface area (Å²) in [6, 6.07) is 6.98. The lowest BCUT2D eigenvalue weighted by atomic mass is 10.1. The van der Waals surface area contributed by atoms with Crippen LogP contribution in [0.3, 0.4) is 0 Å². The first-order chi connectivity index (χ1) is 8.17. The third-order valence-corrected chi connectivity index (χ3v) is 2.95. The molecule has 1 aliphatic heterocycles. The minimum Gasteiger partial charge on any atom is -0.312 e. The van der Waals surface area contributed by atoms with E-state index in [2.05, 4.69) is 17.1 Å². The molecule has 90 valence electrons. The molecule has 1 saturated heterocycles. The van der Waals surface area contributed by atoms with E-state index in [4.69, 9.17) is 5.26 Å². The quantitative estimate of drug-likeness (QED) is 0.841. The van der Waals surface area contributed by atoms with E-state index in [0.717, 1.165) is 25.2 Å². The summed E-state index contributed by atoms with van der Waals surface area (Å²) in [7, 11) is 0. The van der Waals surface area contributed by atoms with Crippen molar-refractivity contribution >= 4 is 0 Å². The third-order valence-electron chi connectivity index (χ3n) is 2.95. The SMILES string of the molecule is C[C@@H]1CN(Cc2cc(F)cc(C#N)c2)CCN1. The minimum atomic E-state index is -0.331. The maximum atomic E-state index is 13.3. The average molecular weight is 233 g/mol. The molecule has 1 N–H and O–H groups in total. The van der Waals surface area contributed by atoms with Gasteiger partial charge in [-0.25, -0.2) is 4.39 Å². The molecule has 0 saturated carbocycles. The van der Waals surface area contributed by atoms with Crippen LogP contribution in [-0.2, 0) is 6.54 Å². The molecule has 1 aliphatic rings. The first-order valence-corrected chi connectivity index (χ1v) is 5.82. The topological polar surface area (TPSA) is 39.1 Å². The highest BCUT2D eigenvalue weighted by Crippen LogP contribution is 2.12. The van der Waals surface area contributed by atoms with Gasteiger partial charge in [-0.3, -0.25) is 4.90 Å². The van der Waals surface area contributed by atoms with Crippen molar-refractivity contribution in [2.45, 2.75) is 19.5 Å². The largest absolute Gasteiger partial charge is 0.312 e. The standard InChI is InChI=1S/C13H16FN3/c1-10-8-17(3-2-16-10)9-12-4-11(7-15)5-13(14)6-12/h4-6,10,16H,2-3,8-9H2,1H3/t10-/m1/s1. The Kier molecular flexibility index (Phi) is 3.72. The van der Waals surface area contributed by atoms with Gasteiger partial charge in [-0.2, -0.15) is 5.26 Å². The van der Waals surface area contributed by atoms with Gasteiger partial charge in [0.2, 0.25) is 0 Å². The monoisotopic (exact) mass is 233 g/mol. The Morgan fingerprint density at radius 3 is 3.06 bits per heavy atom. The summed E-state index contributed by atoms with van der Waals surface area (Å²) < 4.78 is 13.3. The van der Waals surface area contributed by atoms with Crippen LogP contribution in [0.25, 0.3) is 0 Å². The first-order valence-electron chi connectivity index (χ1n) is 5.82. The lowest BCUT2D eigenvalue weighted by Gasteiger charge is -2.31. The Balaban J connectivity index is 2.07. The van der Waals surface area contributed by atoms with Crippen molar-refractivity contribution in [1.29, 1.82) is 5.26 Å². The molecule has 1 aromatic rings. The molecular weight excluding hydrogens is 217 g/mol. The molecular formula is C13H16FN3. The molecule has 3 nitrogen and oxygen atoms in total. The molecule has 0 spiro atoms. The van der Waals surface area contributed by atoms with Crippen molar-refractivity contribution in [2.24, 2.45) is 0 Å². The van der Waals surface area contributed by atoms with Crippen LogP contribution >= 0.6 is 0 Å². The molecule has 1 aromatic carbocycles. The number of hydrogen-bond acceptors (Lipinski definition) is 3. The van der Waals surface area contributed by atoms with Crippen molar-refractivity contribution in [3.63, 3.8) is 0 Å². The summed E-state index contributed by atoms with van der Waals surface area (Å²) in [4.78, 5) is 2.27. The molecule has 1 atom stereocenters. The second-order valence-electron chi connectivity index (χ2n) is 4.55. The predicted octanol–water partition coefficient (Wildman–Crippen LogP) is 1.49. The smallest absolute Gasteiger partial charge is 0.124 e. The van der Waals surface area contributed by atoms with Crippen LogP contribution < -0.4 is 5.32 Å². The number of halogens is 1. The Bertz CT molecular complexity index is 439. The van der Waals surface area contributed by atoms with Gasteiger partial charge in [0.05, 0.1) is 11.6 Å². The Morgan fingerprint density at radius 2 is 2.35 bits per heavy atom. The molecule has 0 bridgehead atoms. The van der Waals surface area contributed by atoms with Crippen LogP contribution in [-0.4, -0.2) is 30.6 Å². The van der Waals surface area contributed by atoms with E-state index in [0.29, 0.717) is 18.2 Å². The second-order valence-corrected chi connectivity index (χ2v) is 4.55. The Hall–Kier alpha value is -1.44. The molecule has 0 unspecified atom stereocenters. The second kappa shape index (κ2) is 5.26. The molecule has 0 radical (unpaired) electrons. The van der Waals surface area contributed by atoms with Crippen LogP contribution in [0.1, 0.15) is 18.1 Å². The average Bonchev–Trinajstić information content (AvgIpc) is 2.28. The maximum absolute atomic E-state index is 13.3. The molecule has 0 aromatic heterocycles. The number of nitrogens with zero attached hydrogens (tertiary/aromatic N) is 2. The zero-order valence-corrected chi connectivity index (χ0v) is 9.91. The number of rotatable bonds is 2. The highest BCUT2D eigenvalue weighted by Gasteiger charge is 2.15. The van der Waals surface area contributed by atoms with Gasteiger partial charge in [-0.1, -0.05) is 0 Å². The molecule has 1 fully saturated rings. The lowest BCUT2D eigenvalue weighted by Crippen LogP contribution is -2.48. The van der Waals surface area contributed by atoms with Crippen molar-refractivity contribution in [3.05, 3.63) is 35.1 Å². The Labute approximate surface area is 101 Å². The predicted molar refractivity (Wildman–Crippen MR) is 63.9 cm³/mol. The molecule has 17 heavy (non-hydrogen) atoms. The van der Waals surface area contributed by atoms with Crippen molar-refractivity contribution < 1.29 is 4.39 Å². The normalized spacial score (nSPS) is 21.1. The van der Waals surface area contributed by atoms with Crippen molar-refractivity contribution in [3.8, 4) is 6.07 Å². The van der Waals surface area contributed by atoms with Gasteiger partial charge < -0.3 is 5.32 Å². The van der Waals surface area contributed by atoms with Gasteiger partial charge in [0, 0.05) is 32.2 Å². The van der Waals surface area contributed by atoms with Crippen molar-refractivity contribution in [2.75, 3.05) is 19.6 Å². The van der Waals surface area contributed by atoms with Crippen LogP contribution in [0.5, 0.6) is 0 Å². The van der Waals surface area contributed by atoms with E-state index >= 15 is 0 Å². The van der Waals surface area contributed by atoms with Gasteiger partial charge in [0.1, 0.15) is 5.82 Å². The number of hydrogen-bond donors (Lipinski definition) is 1. The van der Waals surface area contributed by atoms with Crippen LogP contribution in [0, 0.1) is 17.1 Å². The van der Waals surface area contributed by atoms with Crippen LogP contribution in [0.4, 0.5) is 4.39 Å². The molecule has 0 aliphatic carbocycles. The van der Waals surface area contributed by atoms with E-state index in [-0.39, 0.29) is 5.82 Å². The zero-order chi connectivity index (χ0) is 12.3. The summed E-state index contributed by atoms with van der Waals surface area (Å²) in [6.45, 7) is 5.72. The molecule has 1 heterocycles. The fourth-order valence-corrected chi connectivity index (χ4v) is 2.22. The van der Waals surface area contributed by atoms with Crippen LogP contribution in [0.2, 0.25) is 0 Å². The van der Waals surface area contributed by atoms with Crippen LogP contribution in [0.15, 0.2) is 18.2 Å².